The van der Waals surface area contributed by atoms with E-state index in [2.05, 4.69) is 31.8 Å². The first kappa shape index (κ1) is 22.7. The molecule has 2 amide bonds. The number of para-hydroxylation sites is 1. The number of aromatic nitrogens is 2. The van der Waals surface area contributed by atoms with Crippen LogP contribution in [0.15, 0.2) is 30.3 Å². The van der Waals surface area contributed by atoms with Gasteiger partial charge in [0.25, 0.3) is 0 Å². The molecular weight excluding hydrogens is 414 g/mol. The zero-order valence-corrected chi connectivity index (χ0v) is 17.4. The molecule has 11 nitrogen and oxygen atoms in total. The highest BCUT2D eigenvalue weighted by molar-refractivity contribution is 7.91. The van der Waals surface area contributed by atoms with Gasteiger partial charge in [-0.1, -0.05) is 24.0 Å². The van der Waals surface area contributed by atoms with Crippen LogP contribution >= 0.6 is 0 Å². The van der Waals surface area contributed by atoms with Crippen LogP contribution in [0.2, 0.25) is 0 Å². The molecular formula is C18H21N5O6S. The number of benzene rings is 1. The lowest BCUT2D eigenvalue weighted by atomic mass is 10.2. The number of carbonyl (C=O) groups is 1. The molecule has 0 saturated carbocycles. The number of ether oxygens (including phenoxy) is 3. The van der Waals surface area contributed by atoms with E-state index in [1.54, 1.807) is 18.2 Å². The van der Waals surface area contributed by atoms with Gasteiger partial charge in [-0.05, 0) is 19.1 Å². The van der Waals surface area contributed by atoms with Gasteiger partial charge in [0.05, 0.1) is 26.0 Å². The van der Waals surface area contributed by atoms with Gasteiger partial charge in [0.15, 0.2) is 0 Å². The van der Waals surface area contributed by atoms with E-state index in [0.717, 1.165) is 0 Å². The number of carbonyl (C=O) groups excluding carboxylic acids is 1. The largest absolute Gasteiger partial charge is 0.481 e. The van der Waals surface area contributed by atoms with Crippen molar-refractivity contribution in [2.45, 2.75) is 6.92 Å². The molecule has 0 fully saturated rings. The molecule has 0 aliphatic rings. The summed E-state index contributed by atoms with van der Waals surface area (Å²) >= 11 is 0. The highest BCUT2D eigenvalue weighted by atomic mass is 32.2. The third-order valence-corrected chi connectivity index (χ3v) is 4.27. The topological polar surface area (TPSA) is 141 Å². The molecule has 0 spiro atoms. The number of amides is 2. The molecule has 0 saturated heterocycles. The fourth-order valence-corrected chi connectivity index (χ4v) is 2.87. The Hall–Kier alpha value is -3.56. The Kier molecular flexibility index (Phi) is 8.21. The van der Waals surface area contributed by atoms with Gasteiger partial charge in [0, 0.05) is 12.2 Å². The van der Waals surface area contributed by atoms with Gasteiger partial charge in [-0.15, -0.1) is 0 Å². The van der Waals surface area contributed by atoms with Crippen LogP contribution in [0.3, 0.4) is 0 Å². The Bertz CT molecular complexity index is 1030. The number of urea groups is 1. The lowest BCUT2D eigenvalue weighted by molar-refractivity contribution is 0.182. The molecule has 0 aliphatic carbocycles. The smallest absolute Gasteiger partial charge is 0.336 e. The van der Waals surface area contributed by atoms with Crippen LogP contribution < -0.4 is 24.2 Å². The summed E-state index contributed by atoms with van der Waals surface area (Å²) in [6.07, 6.45) is 0. The third kappa shape index (κ3) is 7.12. The summed E-state index contributed by atoms with van der Waals surface area (Å²) in [5.41, 5.74) is 0.616. The fraction of sp³-hybridized carbons (Fsp3) is 0.278. The van der Waals surface area contributed by atoms with Gasteiger partial charge in [-0.25, -0.2) is 9.52 Å². The first-order valence-electron chi connectivity index (χ1n) is 8.61. The lowest BCUT2D eigenvalue weighted by Gasteiger charge is -2.11. The predicted octanol–water partition coefficient (Wildman–Crippen LogP) is 1.36. The van der Waals surface area contributed by atoms with Gasteiger partial charge < -0.3 is 14.2 Å². The first-order chi connectivity index (χ1) is 14.4. The van der Waals surface area contributed by atoms with E-state index in [-0.39, 0.29) is 30.0 Å². The van der Waals surface area contributed by atoms with Crippen molar-refractivity contribution < 1.29 is 27.4 Å². The average molecular weight is 435 g/mol. The highest BCUT2D eigenvalue weighted by Gasteiger charge is 2.17. The molecule has 0 unspecified atom stereocenters. The molecule has 3 N–H and O–H groups in total. The Morgan fingerprint density at radius 2 is 1.80 bits per heavy atom. The molecule has 2 aromatic rings. The Labute approximate surface area is 174 Å². The summed E-state index contributed by atoms with van der Waals surface area (Å²) in [7, 11) is -1.53. The van der Waals surface area contributed by atoms with E-state index in [1.165, 1.54) is 26.4 Å². The monoisotopic (exact) mass is 435 g/mol. The zero-order valence-electron chi connectivity index (χ0n) is 16.6. The number of rotatable bonds is 8. The SMILES string of the molecule is CCOCC#Cc1ccccc1NS(=O)(=O)NC(=O)Nc1nc(OC)cc(OC)n1. The normalized spacial score (nSPS) is 10.4. The van der Waals surface area contributed by atoms with Crippen molar-refractivity contribution >= 4 is 27.9 Å². The minimum absolute atomic E-state index is 0.123. The molecule has 2 rings (SSSR count). The summed E-state index contributed by atoms with van der Waals surface area (Å²) in [4.78, 5) is 19.9. The summed E-state index contributed by atoms with van der Waals surface area (Å²) in [5.74, 6) is 5.63. The van der Waals surface area contributed by atoms with E-state index in [9.17, 15) is 13.2 Å². The quantitative estimate of drug-likeness (QED) is 0.417. The number of nitrogens with one attached hydrogen (secondary N) is 3. The number of nitrogens with zero attached hydrogens (tertiary/aromatic N) is 2. The molecule has 1 aromatic heterocycles. The minimum atomic E-state index is -4.27. The maximum atomic E-state index is 12.3. The standard InChI is InChI=1S/C18H21N5O6S/c1-4-29-11-7-9-13-8-5-6-10-14(13)22-30(25,26)23-18(24)21-17-19-15(27-2)12-16(20-17)28-3/h5-6,8,10,12,22H,4,11H2,1-3H3,(H2,19,20,21,23,24). The van der Waals surface area contributed by atoms with Crippen molar-refractivity contribution in [1.29, 1.82) is 0 Å². The molecule has 1 heterocycles. The predicted molar refractivity (Wildman–Crippen MR) is 110 cm³/mol. The maximum absolute atomic E-state index is 12.3. The van der Waals surface area contributed by atoms with Gasteiger partial charge in [-0.2, -0.15) is 18.4 Å². The van der Waals surface area contributed by atoms with Crippen LogP contribution in [0.4, 0.5) is 16.4 Å². The summed E-state index contributed by atoms with van der Waals surface area (Å²) in [6.45, 7) is 2.57. The number of methoxy groups -OCH3 is 2. The number of hydrogen-bond donors (Lipinski definition) is 3. The third-order valence-electron chi connectivity index (χ3n) is 3.32. The van der Waals surface area contributed by atoms with E-state index < -0.39 is 16.2 Å². The number of anilines is 2. The lowest BCUT2D eigenvalue weighted by Crippen LogP contribution is -2.38. The van der Waals surface area contributed by atoms with E-state index in [0.29, 0.717) is 12.2 Å². The van der Waals surface area contributed by atoms with Crippen molar-refractivity contribution in [3.8, 4) is 23.6 Å². The van der Waals surface area contributed by atoms with Crippen molar-refractivity contribution in [2.75, 3.05) is 37.5 Å². The average Bonchev–Trinajstić information content (AvgIpc) is 2.71. The maximum Gasteiger partial charge on any atom is 0.336 e. The van der Waals surface area contributed by atoms with Gasteiger partial charge in [-0.3, -0.25) is 10.0 Å². The van der Waals surface area contributed by atoms with Crippen LogP contribution in [0.25, 0.3) is 0 Å². The second kappa shape index (κ2) is 10.8. The Balaban J connectivity index is 2.09. The van der Waals surface area contributed by atoms with Crippen LogP contribution in [0, 0.1) is 11.8 Å². The van der Waals surface area contributed by atoms with Crippen LogP contribution in [0.1, 0.15) is 12.5 Å². The Morgan fingerprint density at radius 1 is 1.13 bits per heavy atom. The molecule has 0 radical (unpaired) electrons. The number of hydrogen-bond acceptors (Lipinski definition) is 8. The Morgan fingerprint density at radius 3 is 2.43 bits per heavy atom. The molecule has 12 heteroatoms. The fourth-order valence-electron chi connectivity index (χ4n) is 2.05. The van der Waals surface area contributed by atoms with Gasteiger partial charge in [0.1, 0.15) is 6.61 Å². The summed E-state index contributed by atoms with van der Waals surface area (Å²) < 4.78 is 43.8. The summed E-state index contributed by atoms with van der Waals surface area (Å²) in [6, 6.07) is 6.78. The van der Waals surface area contributed by atoms with E-state index >= 15 is 0 Å². The van der Waals surface area contributed by atoms with Crippen molar-refractivity contribution in [1.82, 2.24) is 14.7 Å². The van der Waals surface area contributed by atoms with Crippen LogP contribution in [-0.2, 0) is 14.9 Å². The second-order valence-corrected chi connectivity index (χ2v) is 6.84. The van der Waals surface area contributed by atoms with E-state index in [1.807, 2.05) is 11.6 Å². The van der Waals surface area contributed by atoms with Crippen LogP contribution in [0.5, 0.6) is 11.8 Å². The van der Waals surface area contributed by atoms with Crippen molar-refractivity contribution in [3.63, 3.8) is 0 Å². The molecule has 160 valence electrons. The van der Waals surface area contributed by atoms with E-state index in [4.69, 9.17) is 14.2 Å². The minimum Gasteiger partial charge on any atom is -0.481 e. The molecule has 0 atom stereocenters. The zero-order chi connectivity index (χ0) is 22.0. The van der Waals surface area contributed by atoms with Gasteiger partial charge >= 0.3 is 16.2 Å². The molecule has 1 aromatic carbocycles. The van der Waals surface area contributed by atoms with Crippen molar-refractivity contribution in [3.05, 3.63) is 35.9 Å². The van der Waals surface area contributed by atoms with Crippen LogP contribution in [-0.4, -0.2) is 51.9 Å². The summed E-state index contributed by atoms with van der Waals surface area (Å²) in [5, 5.41) is 2.20. The molecule has 0 bridgehead atoms. The highest BCUT2D eigenvalue weighted by Crippen LogP contribution is 2.17. The van der Waals surface area contributed by atoms with Gasteiger partial charge in [0.2, 0.25) is 17.7 Å². The van der Waals surface area contributed by atoms with Crippen molar-refractivity contribution in [2.24, 2.45) is 0 Å². The second-order valence-electron chi connectivity index (χ2n) is 5.42. The first-order valence-corrected chi connectivity index (χ1v) is 10.1. The molecule has 30 heavy (non-hydrogen) atoms. The molecule has 0 aliphatic heterocycles.